The minimum atomic E-state index is -7.59. The van der Waals surface area contributed by atoms with E-state index in [9.17, 15) is 57.9 Å². The molecule has 0 radical (unpaired) electrons. The second-order valence-electron chi connectivity index (χ2n) is 5.35. The zero-order valence-electron chi connectivity index (χ0n) is 13.3. The molecule has 0 fully saturated rings. The Morgan fingerprint density at radius 3 is 1.56 bits per heavy atom. The van der Waals surface area contributed by atoms with Gasteiger partial charge in [0.2, 0.25) is 0 Å². The molecular weight excluding hydrogens is 417 g/mol. The van der Waals surface area contributed by atoms with Crippen LogP contribution in [0, 0.1) is 5.92 Å². The number of esters is 2. The molecule has 0 heterocycles. The van der Waals surface area contributed by atoms with Crippen molar-refractivity contribution in [1.29, 1.82) is 0 Å². The summed E-state index contributed by atoms with van der Waals surface area (Å²) in [7, 11) is 0. The Morgan fingerprint density at radius 1 is 0.741 bits per heavy atom. The van der Waals surface area contributed by atoms with Crippen LogP contribution in [-0.4, -0.2) is 55.0 Å². The summed E-state index contributed by atoms with van der Waals surface area (Å²) in [5, 5.41) is 0. The molecule has 15 heteroatoms. The molecule has 0 aliphatic rings. The Morgan fingerprint density at radius 2 is 1.19 bits per heavy atom. The van der Waals surface area contributed by atoms with Gasteiger partial charge in [0, 0.05) is 0 Å². The number of alkyl halides is 11. The SMILES string of the molecule is CC(C)C(=O)OCC(=O)OCC(F)(F)C(F)(F)C(F)(F)C(F)(F)C(F)(F)F. The van der Waals surface area contributed by atoms with Crippen LogP contribution in [0.15, 0.2) is 0 Å². The lowest BCUT2D eigenvalue weighted by molar-refractivity contribution is -0.423. The van der Waals surface area contributed by atoms with Gasteiger partial charge in [0.15, 0.2) is 13.2 Å². The van der Waals surface area contributed by atoms with Crippen LogP contribution in [0.25, 0.3) is 0 Å². The largest absolute Gasteiger partial charge is 0.460 e. The van der Waals surface area contributed by atoms with Crippen LogP contribution in [-0.2, 0) is 19.1 Å². The molecule has 27 heavy (non-hydrogen) atoms. The van der Waals surface area contributed by atoms with E-state index in [0.717, 1.165) is 0 Å². The predicted octanol–water partition coefficient (Wildman–Crippen LogP) is 3.83. The van der Waals surface area contributed by atoms with Gasteiger partial charge >= 0.3 is 41.8 Å². The lowest BCUT2D eigenvalue weighted by Gasteiger charge is -2.36. The smallest absolute Gasteiger partial charge is 0.456 e. The third kappa shape index (κ3) is 4.91. The highest BCUT2D eigenvalue weighted by molar-refractivity contribution is 5.77. The molecule has 0 aromatic heterocycles. The summed E-state index contributed by atoms with van der Waals surface area (Å²) in [6.45, 7) is -1.87. The van der Waals surface area contributed by atoms with E-state index in [1.54, 1.807) is 0 Å². The van der Waals surface area contributed by atoms with E-state index in [-0.39, 0.29) is 0 Å². The Hall–Kier alpha value is -1.83. The van der Waals surface area contributed by atoms with Gasteiger partial charge in [0.1, 0.15) is 0 Å². The molecule has 0 aliphatic carbocycles. The molecule has 0 saturated carbocycles. The quantitative estimate of drug-likeness (QED) is 0.436. The molecular formula is C12H11F11O4. The molecule has 0 amide bonds. The van der Waals surface area contributed by atoms with Crippen molar-refractivity contribution in [2.45, 2.75) is 43.7 Å². The number of rotatable bonds is 8. The van der Waals surface area contributed by atoms with Gasteiger partial charge in [-0.1, -0.05) is 13.8 Å². The average Bonchev–Trinajstić information content (AvgIpc) is 2.48. The lowest BCUT2D eigenvalue weighted by atomic mass is 9.98. The first kappa shape index (κ1) is 25.2. The van der Waals surface area contributed by atoms with E-state index in [4.69, 9.17) is 0 Å². The zero-order valence-corrected chi connectivity index (χ0v) is 13.3. The maximum Gasteiger partial charge on any atom is 0.460 e. The number of hydrogen-bond acceptors (Lipinski definition) is 4. The van der Waals surface area contributed by atoms with E-state index in [0.29, 0.717) is 0 Å². The van der Waals surface area contributed by atoms with Crippen LogP contribution in [0.1, 0.15) is 13.8 Å². The molecule has 0 bridgehead atoms. The molecule has 0 saturated heterocycles. The molecule has 0 aromatic carbocycles. The summed E-state index contributed by atoms with van der Waals surface area (Å²) >= 11 is 0. The predicted molar refractivity (Wildman–Crippen MR) is 62.6 cm³/mol. The molecule has 0 N–H and O–H groups in total. The monoisotopic (exact) mass is 428 g/mol. The highest BCUT2D eigenvalue weighted by Gasteiger charge is 2.87. The Labute approximate surface area is 143 Å². The molecule has 0 rings (SSSR count). The summed E-state index contributed by atoms with van der Waals surface area (Å²) in [6, 6.07) is 0. The van der Waals surface area contributed by atoms with Crippen molar-refractivity contribution in [2.75, 3.05) is 13.2 Å². The first-order valence-corrected chi connectivity index (χ1v) is 6.62. The van der Waals surface area contributed by atoms with Crippen LogP contribution in [0.5, 0.6) is 0 Å². The van der Waals surface area contributed by atoms with Crippen molar-refractivity contribution in [1.82, 2.24) is 0 Å². The normalized spacial score (nSPS) is 14.3. The molecule has 4 nitrogen and oxygen atoms in total. The Balaban J connectivity index is 5.28. The standard InChI is InChI=1S/C12H11F11O4/c1-5(2)7(25)26-3-6(24)27-4-8(13,14)9(15,16)10(17,18)11(19,20)12(21,22)23/h5H,3-4H2,1-2H3. The second kappa shape index (κ2) is 7.66. The number of halogens is 11. The summed E-state index contributed by atoms with van der Waals surface area (Å²) < 4.78 is 147. The van der Waals surface area contributed by atoms with Gasteiger partial charge in [-0.2, -0.15) is 48.3 Å². The van der Waals surface area contributed by atoms with Crippen molar-refractivity contribution in [2.24, 2.45) is 5.92 Å². The highest BCUT2D eigenvalue weighted by atomic mass is 19.4. The van der Waals surface area contributed by atoms with Gasteiger partial charge in [-0.05, 0) is 0 Å². The summed E-state index contributed by atoms with van der Waals surface area (Å²) in [4.78, 5) is 21.9. The van der Waals surface area contributed by atoms with Gasteiger partial charge in [-0.3, -0.25) is 4.79 Å². The van der Waals surface area contributed by atoms with Gasteiger partial charge in [0.05, 0.1) is 5.92 Å². The van der Waals surface area contributed by atoms with E-state index in [2.05, 4.69) is 9.47 Å². The maximum atomic E-state index is 13.2. The minimum Gasteiger partial charge on any atom is -0.456 e. The van der Waals surface area contributed by atoms with Crippen molar-refractivity contribution >= 4 is 11.9 Å². The van der Waals surface area contributed by atoms with Crippen molar-refractivity contribution < 1.29 is 67.4 Å². The van der Waals surface area contributed by atoms with Crippen LogP contribution in [0.3, 0.4) is 0 Å². The number of carbonyl (C=O) groups is 2. The van der Waals surface area contributed by atoms with E-state index in [1.165, 1.54) is 13.8 Å². The van der Waals surface area contributed by atoms with E-state index in [1.807, 2.05) is 0 Å². The minimum absolute atomic E-state index is 0.813. The number of hydrogen-bond donors (Lipinski definition) is 0. The third-order valence-corrected chi connectivity index (χ3v) is 2.82. The number of ether oxygens (including phenoxy) is 2. The second-order valence-corrected chi connectivity index (χ2v) is 5.35. The fraction of sp³-hybridized carbons (Fsp3) is 0.833. The van der Waals surface area contributed by atoms with Gasteiger partial charge < -0.3 is 9.47 Å². The third-order valence-electron chi connectivity index (χ3n) is 2.82. The molecule has 0 spiro atoms. The van der Waals surface area contributed by atoms with Crippen LogP contribution in [0.2, 0.25) is 0 Å². The fourth-order valence-electron chi connectivity index (χ4n) is 1.21. The zero-order chi connectivity index (χ0) is 22.1. The Kier molecular flexibility index (Phi) is 7.14. The molecule has 0 aromatic rings. The van der Waals surface area contributed by atoms with Gasteiger partial charge in [-0.15, -0.1) is 0 Å². The molecule has 0 aliphatic heterocycles. The van der Waals surface area contributed by atoms with E-state index >= 15 is 0 Å². The van der Waals surface area contributed by atoms with Gasteiger partial charge in [0.25, 0.3) is 0 Å². The maximum absolute atomic E-state index is 13.2. The summed E-state index contributed by atoms with van der Waals surface area (Å²) in [5.41, 5.74) is 0. The fourth-order valence-corrected chi connectivity index (χ4v) is 1.21. The topological polar surface area (TPSA) is 52.6 Å². The Bertz CT molecular complexity index is 554. The van der Waals surface area contributed by atoms with Crippen LogP contribution < -0.4 is 0 Å². The first-order valence-electron chi connectivity index (χ1n) is 6.62. The van der Waals surface area contributed by atoms with Gasteiger partial charge in [-0.25, -0.2) is 4.79 Å². The summed E-state index contributed by atoms with van der Waals surface area (Å²) in [5.74, 6) is -32.6. The number of carbonyl (C=O) groups excluding carboxylic acids is 2. The first-order chi connectivity index (χ1) is 11.7. The molecule has 0 atom stereocenters. The molecule has 160 valence electrons. The van der Waals surface area contributed by atoms with Crippen molar-refractivity contribution in [3.8, 4) is 0 Å². The van der Waals surface area contributed by atoms with E-state index < -0.39 is 60.9 Å². The van der Waals surface area contributed by atoms with Crippen molar-refractivity contribution in [3.63, 3.8) is 0 Å². The van der Waals surface area contributed by atoms with Crippen LogP contribution in [0.4, 0.5) is 48.3 Å². The van der Waals surface area contributed by atoms with Crippen molar-refractivity contribution in [3.05, 3.63) is 0 Å². The lowest BCUT2D eigenvalue weighted by Crippen LogP contribution is -2.67. The van der Waals surface area contributed by atoms with Crippen LogP contribution >= 0.6 is 0 Å². The average molecular weight is 428 g/mol. The molecule has 0 unspecified atom stereocenters. The highest BCUT2D eigenvalue weighted by Crippen LogP contribution is 2.57. The summed E-state index contributed by atoms with van der Waals surface area (Å²) in [6.07, 6.45) is -7.28.